The monoisotopic (exact) mass is 169 g/mol. The standard InChI is InChI=1S/C7H11N3O2/c1-6(9-7(11)12)5-10-4-2-3-8-10/h2-4,6,9H,5H2,1H3,(H,11,12)/t6-/m1/s1. The second-order valence-electron chi connectivity index (χ2n) is 2.58. The molecule has 66 valence electrons. The van der Waals surface area contributed by atoms with Crippen molar-refractivity contribution in [3.8, 4) is 0 Å². The molecule has 1 aromatic heterocycles. The van der Waals surface area contributed by atoms with Gasteiger partial charge in [0.15, 0.2) is 0 Å². The molecule has 5 heteroatoms. The first-order valence-electron chi connectivity index (χ1n) is 3.65. The van der Waals surface area contributed by atoms with E-state index in [0.717, 1.165) is 0 Å². The quantitative estimate of drug-likeness (QED) is 0.693. The average molecular weight is 169 g/mol. The highest BCUT2D eigenvalue weighted by Crippen LogP contribution is 1.89. The molecule has 1 atom stereocenters. The third kappa shape index (κ3) is 2.61. The smallest absolute Gasteiger partial charge is 0.404 e. The number of nitrogens with zero attached hydrogens (tertiary/aromatic N) is 2. The summed E-state index contributed by atoms with van der Waals surface area (Å²) in [6.07, 6.45) is 2.45. The lowest BCUT2D eigenvalue weighted by Gasteiger charge is -2.10. The second kappa shape index (κ2) is 3.75. The molecule has 0 aromatic carbocycles. The van der Waals surface area contributed by atoms with Crippen molar-refractivity contribution >= 4 is 6.09 Å². The molecule has 1 amide bonds. The van der Waals surface area contributed by atoms with E-state index in [1.165, 1.54) is 0 Å². The number of hydrogen-bond acceptors (Lipinski definition) is 2. The summed E-state index contributed by atoms with van der Waals surface area (Å²) in [5.41, 5.74) is 0. The molecule has 0 radical (unpaired) electrons. The van der Waals surface area contributed by atoms with Crippen molar-refractivity contribution in [2.75, 3.05) is 0 Å². The molecule has 0 saturated heterocycles. The first kappa shape index (κ1) is 8.58. The topological polar surface area (TPSA) is 67.2 Å². The Labute approximate surface area is 70.0 Å². The Balaban J connectivity index is 2.36. The van der Waals surface area contributed by atoms with Crippen LogP contribution in [-0.4, -0.2) is 27.0 Å². The molecule has 0 aliphatic rings. The minimum atomic E-state index is -1.00. The molecule has 0 fully saturated rings. The highest BCUT2D eigenvalue weighted by atomic mass is 16.4. The number of carbonyl (C=O) groups is 1. The van der Waals surface area contributed by atoms with Crippen molar-refractivity contribution in [3.63, 3.8) is 0 Å². The van der Waals surface area contributed by atoms with Crippen LogP contribution in [0.25, 0.3) is 0 Å². The zero-order valence-corrected chi connectivity index (χ0v) is 6.77. The van der Waals surface area contributed by atoms with Crippen molar-refractivity contribution < 1.29 is 9.90 Å². The van der Waals surface area contributed by atoms with Crippen LogP contribution in [-0.2, 0) is 6.54 Å². The average Bonchev–Trinajstić information content (AvgIpc) is 2.37. The Morgan fingerprint density at radius 1 is 1.83 bits per heavy atom. The normalized spacial score (nSPS) is 12.4. The molecular weight excluding hydrogens is 158 g/mol. The van der Waals surface area contributed by atoms with E-state index in [9.17, 15) is 4.79 Å². The van der Waals surface area contributed by atoms with Gasteiger partial charge in [0, 0.05) is 18.4 Å². The molecule has 2 N–H and O–H groups in total. The van der Waals surface area contributed by atoms with E-state index < -0.39 is 6.09 Å². The maximum Gasteiger partial charge on any atom is 0.404 e. The molecule has 0 saturated carbocycles. The number of hydrogen-bond donors (Lipinski definition) is 2. The van der Waals surface area contributed by atoms with Crippen LogP contribution in [0, 0.1) is 0 Å². The van der Waals surface area contributed by atoms with E-state index in [-0.39, 0.29) is 6.04 Å². The summed E-state index contributed by atoms with van der Waals surface area (Å²) in [5.74, 6) is 0. The van der Waals surface area contributed by atoms with Gasteiger partial charge in [-0.05, 0) is 13.0 Å². The first-order valence-corrected chi connectivity index (χ1v) is 3.65. The molecule has 1 heterocycles. The molecule has 0 spiro atoms. The van der Waals surface area contributed by atoms with Crippen molar-refractivity contribution in [3.05, 3.63) is 18.5 Å². The predicted octanol–water partition coefficient (Wildman–Crippen LogP) is 0.539. The van der Waals surface area contributed by atoms with Crippen LogP contribution >= 0.6 is 0 Å². The summed E-state index contributed by atoms with van der Waals surface area (Å²) in [4.78, 5) is 10.2. The first-order chi connectivity index (χ1) is 5.68. The second-order valence-corrected chi connectivity index (χ2v) is 2.58. The summed E-state index contributed by atoms with van der Waals surface area (Å²) < 4.78 is 1.68. The Bertz CT molecular complexity index is 245. The van der Waals surface area contributed by atoms with Crippen LogP contribution in [0.5, 0.6) is 0 Å². The fraction of sp³-hybridized carbons (Fsp3) is 0.429. The molecule has 0 bridgehead atoms. The van der Waals surface area contributed by atoms with Gasteiger partial charge in [0.1, 0.15) is 0 Å². The highest BCUT2D eigenvalue weighted by molar-refractivity contribution is 5.64. The highest BCUT2D eigenvalue weighted by Gasteiger charge is 2.04. The number of amides is 1. The van der Waals surface area contributed by atoms with Crippen LogP contribution < -0.4 is 5.32 Å². The van der Waals surface area contributed by atoms with Crippen molar-refractivity contribution in [1.29, 1.82) is 0 Å². The van der Waals surface area contributed by atoms with Gasteiger partial charge >= 0.3 is 6.09 Å². The minimum absolute atomic E-state index is 0.123. The number of aromatic nitrogens is 2. The lowest BCUT2D eigenvalue weighted by atomic mass is 10.3. The van der Waals surface area contributed by atoms with Crippen LogP contribution in [0.15, 0.2) is 18.5 Å². The SMILES string of the molecule is C[C@H](Cn1cccn1)NC(=O)O. The molecule has 0 aliphatic carbocycles. The summed E-state index contributed by atoms with van der Waals surface area (Å²) >= 11 is 0. The van der Waals surface area contributed by atoms with E-state index in [2.05, 4.69) is 10.4 Å². The van der Waals surface area contributed by atoms with Crippen molar-refractivity contribution in [2.45, 2.75) is 19.5 Å². The Morgan fingerprint density at radius 3 is 3.08 bits per heavy atom. The van der Waals surface area contributed by atoms with E-state index in [4.69, 9.17) is 5.11 Å². The summed E-state index contributed by atoms with van der Waals surface area (Å²) in [6, 6.07) is 1.68. The molecular formula is C7H11N3O2. The summed E-state index contributed by atoms with van der Waals surface area (Å²) in [7, 11) is 0. The fourth-order valence-corrected chi connectivity index (χ4v) is 0.945. The molecule has 0 unspecified atom stereocenters. The third-order valence-electron chi connectivity index (χ3n) is 1.39. The summed E-state index contributed by atoms with van der Waals surface area (Å²) in [5, 5.41) is 14.7. The van der Waals surface area contributed by atoms with E-state index >= 15 is 0 Å². The predicted molar refractivity (Wildman–Crippen MR) is 42.8 cm³/mol. The van der Waals surface area contributed by atoms with Gasteiger partial charge < -0.3 is 10.4 Å². The largest absolute Gasteiger partial charge is 0.465 e. The summed E-state index contributed by atoms with van der Waals surface area (Å²) in [6.45, 7) is 2.34. The van der Waals surface area contributed by atoms with Gasteiger partial charge in [0.2, 0.25) is 0 Å². The fourth-order valence-electron chi connectivity index (χ4n) is 0.945. The van der Waals surface area contributed by atoms with Gasteiger partial charge in [0.25, 0.3) is 0 Å². The zero-order chi connectivity index (χ0) is 8.97. The molecule has 0 aliphatic heterocycles. The van der Waals surface area contributed by atoms with Crippen LogP contribution in [0.1, 0.15) is 6.92 Å². The number of nitrogens with one attached hydrogen (secondary N) is 1. The van der Waals surface area contributed by atoms with E-state index in [1.54, 1.807) is 30.1 Å². The van der Waals surface area contributed by atoms with Gasteiger partial charge in [-0.25, -0.2) is 4.79 Å². The van der Waals surface area contributed by atoms with E-state index in [1.807, 2.05) is 0 Å². The molecule has 5 nitrogen and oxygen atoms in total. The van der Waals surface area contributed by atoms with Crippen LogP contribution in [0.4, 0.5) is 4.79 Å². The van der Waals surface area contributed by atoms with Crippen molar-refractivity contribution in [2.24, 2.45) is 0 Å². The molecule has 1 rings (SSSR count). The Hall–Kier alpha value is -1.52. The maximum absolute atomic E-state index is 10.2. The number of rotatable bonds is 3. The van der Waals surface area contributed by atoms with Gasteiger partial charge in [-0.15, -0.1) is 0 Å². The van der Waals surface area contributed by atoms with E-state index in [0.29, 0.717) is 6.54 Å². The van der Waals surface area contributed by atoms with Gasteiger partial charge in [-0.2, -0.15) is 5.10 Å². The van der Waals surface area contributed by atoms with Gasteiger partial charge in [-0.1, -0.05) is 0 Å². The zero-order valence-electron chi connectivity index (χ0n) is 6.77. The third-order valence-corrected chi connectivity index (χ3v) is 1.39. The number of carboxylic acid groups (broad SMARTS) is 1. The maximum atomic E-state index is 10.2. The van der Waals surface area contributed by atoms with Crippen molar-refractivity contribution in [1.82, 2.24) is 15.1 Å². The van der Waals surface area contributed by atoms with Gasteiger partial charge in [-0.3, -0.25) is 4.68 Å². The molecule has 12 heavy (non-hydrogen) atoms. The minimum Gasteiger partial charge on any atom is -0.465 e. The Morgan fingerprint density at radius 2 is 2.58 bits per heavy atom. The Kier molecular flexibility index (Phi) is 2.68. The van der Waals surface area contributed by atoms with Crippen LogP contribution in [0.2, 0.25) is 0 Å². The van der Waals surface area contributed by atoms with Crippen LogP contribution in [0.3, 0.4) is 0 Å². The van der Waals surface area contributed by atoms with Gasteiger partial charge in [0.05, 0.1) is 6.54 Å². The lowest BCUT2D eigenvalue weighted by Crippen LogP contribution is -2.34. The lowest BCUT2D eigenvalue weighted by molar-refractivity contribution is 0.189. The molecule has 1 aromatic rings.